The third-order valence-corrected chi connectivity index (χ3v) is 6.27. The lowest BCUT2D eigenvalue weighted by Crippen LogP contribution is -2.31. The lowest BCUT2D eigenvalue weighted by atomic mass is 10.3. The van der Waals surface area contributed by atoms with Crippen LogP contribution in [0.4, 0.5) is 5.69 Å². The summed E-state index contributed by atoms with van der Waals surface area (Å²) in [6.45, 7) is 3.67. The van der Waals surface area contributed by atoms with Gasteiger partial charge in [0, 0.05) is 5.02 Å². The summed E-state index contributed by atoms with van der Waals surface area (Å²) in [5, 5.41) is 0.439. The second kappa shape index (κ2) is 7.66. The maximum absolute atomic E-state index is 13.0. The molecule has 8 heteroatoms. The maximum atomic E-state index is 13.0. The van der Waals surface area contributed by atoms with Crippen LogP contribution in [-0.4, -0.2) is 22.1 Å². The molecule has 0 fully saturated rings. The molecule has 0 atom stereocenters. The number of hydrogen-bond acceptors (Lipinski definition) is 3. The minimum absolute atomic E-state index is 0.0369. The highest BCUT2D eigenvalue weighted by Crippen LogP contribution is 2.38. The van der Waals surface area contributed by atoms with E-state index in [0.29, 0.717) is 16.5 Å². The molecule has 0 saturated heterocycles. The van der Waals surface area contributed by atoms with Crippen LogP contribution >= 0.6 is 34.8 Å². The van der Waals surface area contributed by atoms with E-state index < -0.39 is 10.0 Å². The number of rotatable bonds is 6. The Kier molecular flexibility index (Phi) is 6.04. The van der Waals surface area contributed by atoms with Gasteiger partial charge in [-0.1, -0.05) is 40.9 Å². The second-order valence-electron chi connectivity index (χ2n) is 4.70. The number of ether oxygens (including phenoxy) is 1. The SMILES string of the molecule is C=CCN(c1ccc(Cl)cc1)S(=O)(=O)c1ccc(OC)c(Cl)c1Cl. The van der Waals surface area contributed by atoms with Crippen LogP contribution in [0.5, 0.6) is 5.75 Å². The topological polar surface area (TPSA) is 46.6 Å². The second-order valence-corrected chi connectivity index (χ2v) is 7.72. The van der Waals surface area contributed by atoms with Gasteiger partial charge in [-0.05, 0) is 36.4 Å². The zero-order chi connectivity index (χ0) is 17.9. The fraction of sp³-hybridized carbons (Fsp3) is 0.125. The molecule has 128 valence electrons. The molecule has 2 aromatic rings. The molecule has 0 N–H and O–H groups in total. The van der Waals surface area contributed by atoms with Gasteiger partial charge in [0.1, 0.15) is 15.7 Å². The first kappa shape index (κ1) is 18.9. The zero-order valence-electron chi connectivity index (χ0n) is 12.7. The standard InChI is InChI=1S/C16H14Cl3NO3S/c1-3-10-20(12-6-4-11(17)5-7-12)24(21,22)14-9-8-13(23-2)15(18)16(14)19/h3-9H,1,10H2,2H3. The first-order chi connectivity index (χ1) is 11.3. The number of anilines is 1. The molecular formula is C16H14Cl3NO3S. The van der Waals surface area contributed by atoms with E-state index in [-0.39, 0.29) is 21.5 Å². The zero-order valence-corrected chi connectivity index (χ0v) is 15.8. The van der Waals surface area contributed by atoms with Gasteiger partial charge in [-0.25, -0.2) is 8.42 Å². The molecule has 0 bridgehead atoms. The van der Waals surface area contributed by atoms with E-state index in [1.165, 1.54) is 29.6 Å². The first-order valence-electron chi connectivity index (χ1n) is 6.74. The molecule has 2 rings (SSSR count). The molecule has 0 aliphatic carbocycles. The third-order valence-electron chi connectivity index (χ3n) is 3.21. The fourth-order valence-electron chi connectivity index (χ4n) is 2.06. The Labute approximate surface area is 156 Å². The third kappa shape index (κ3) is 3.64. The van der Waals surface area contributed by atoms with Crippen LogP contribution in [0.3, 0.4) is 0 Å². The van der Waals surface area contributed by atoms with Gasteiger partial charge in [-0.15, -0.1) is 6.58 Å². The molecule has 0 spiro atoms. The van der Waals surface area contributed by atoms with E-state index in [4.69, 9.17) is 39.5 Å². The Morgan fingerprint density at radius 1 is 1.08 bits per heavy atom. The van der Waals surface area contributed by atoms with Crippen molar-refractivity contribution in [3.63, 3.8) is 0 Å². The first-order valence-corrected chi connectivity index (χ1v) is 9.31. The van der Waals surface area contributed by atoms with Crippen LogP contribution in [-0.2, 0) is 10.0 Å². The molecule has 0 heterocycles. The molecule has 0 unspecified atom stereocenters. The van der Waals surface area contributed by atoms with E-state index >= 15 is 0 Å². The van der Waals surface area contributed by atoms with Gasteiger partial charge < -0.3 is 4.74 Å². The van der Waals surface area contributed by atoms with Gasteiger partial charge in [0.25, 0.3) is 10.0 Å². The summed E-state index contributed by atoms with van der Waals surface area (Å²) in [5.41, 5.74) is 0.433. The predicted octanol–water partition coefficient (Wildman–Crippen LogP) is 5.04. The molecule has 0 aliphatic heterocycles. The summed E-state index contributed by atoms with van der Waals surface area (Å²) in [6, 6.07) is 9.21. The predicted molar refractivity (Wildman–Crippen MR) is 99.2 cm³/mol. The van der Waals surface area contributed by atoms with Crippen LogP contribution in [0.1, 0.15) is 0 Å². The van der Waals surface area contributed by atoms with Crippen LogP contribution < -0.4 is 9.04 Å². The van der Waals surface area contributed by atoms with Crippen LogP contribution in [0.2, 0.25) is 15.1 Å². The quantitative estimate of drug-likeness (QED) is 0.632. The van der Waals surface area contributed by atoms with E-state index in [1.54, 1.807) is 24.3 Å². The van der Waals surface area contributed by atoms with Crippen molar-refractivity contribution < 1.29 is 13.2 Å². The van der Waals surface area contributed by atoms with Crippen molar-refractivity contribution in [3.05, 3.63) is 64.1 Å². The monoisotopic (exact) mass is 405 g/mol. The van der Waals surface area contributed by atoms with Gasteiger partial charge in [-0.2, -0.15) is 0 Å². The average Bonchev–Trinajstić information content (AvgIpc) is 2.55. The Hall–Kier alpha value is -1.40. The smallest absolute Gasteiger partial charge is 0.266 e. The fourth-order valence-corrected chi connectivity index (χ4v) is 4.44. The van der Waals surface area contributed by atoms with Crippen LogP contribution in [0, 0.1) is 0 Å². The Balaban J connectivity index is 2.59. The van der Waals surface area contributed by atoms with Crippen molar-refractivity contribution in [1.82, 2.24) is 0 Å². The Bertz CT molecular complexity index is 852. The van der Waals surface area contributed by atoms with E-state index in [9.17, 15) is 8.42 Å². The number of halogens is 3. The number of nitrogens with zero attached hydrogens (tertiary/aromatic N) is 1. The van der Waals surface area contributed by atoms with Crippen molar-refractivity contribution in [1.29, 1.82) is 0 Å². The van der Waals surface area contributed by atoms with Gasteiger partial charge in [0.05, 0.1) is 24.4 Å². The van der Waals surface area contributed by atoms with Gasteiger partial charge in [-0.3, -0.25) is 4.31 Å². The van der Waals surface area contributed by atoms with Crippen LogP contribution in [0.25, 0.3) is 0 Å². The van der Waals surface area contributed by atoms with Crippen molar-refractivity contribution >= 4 is 50.5 Å². The van der Waals surface area contributed by atoms with Gasteiger partial charge >= 0.3 is 0 Å². The highest BCUT2D eigenvalue weighted by atomic mass is 35.5. The highest BCUT2D eigenvalue weighted by Gasteiger charge is 2.28. The summed E-state index contributed by atoms with van der Waals surface area (Å²) < 4.78 is 32.3. The summed E-state index contributed by atoms with van der Waals surface area (Å²) >= 11 is 18.1. The summed E-state index contributed by atoms with van der Waals surface area (Å²) in [5.74, 6) is 0.294. The summed E-state index contributed by atoms with van der Waals surface area (Å²) in [6.07, 6.45) is 1.48. The van der Waals surface area contributed by atoms with E-state index in [2.05, 4.69) is 6.58 Å². The lowest BCUT2D eigenvalue weighted by Gasteiger charge is -2.24. The van der Waals surface area contributed by atoms with Crippen LogP contribution in [0.15, 0.2) is 53.9 Å². The van der Waals surface area contributed by atoms with E-state index in [0.717, 1.165) is 0 Å². The van der Waals surface area contributed by atoms with Crippen molar-refractivity contribution in [3.8, 4) is 5.75 Å². The van der Waals surface area contributed by atoms with E-state index in [1.807, 2.05) is 0 Å². The largest absolute Gasteiger partial charge is 0.495 e. The molecule has 0 radical (unpaired) electrons. The molecule has 0 amide bonds. The molecular weight excluding hydrogens is 393 g/mol. The molecule has 2 aromatic carbocycles. The van der Waals surface area contributed by atoms with Gasteiger partial charge in [0.15, 0.2) is 0 Å². The van der Waals surface area contributed by atoms with Crippen molar-refractivity contribution in [2.45, 2.75) is 4.90 Å². The lowest BCUT2D eigenvalue weighted by molar-refractivity contribution is 0.414. The Morgan fingerprint density at radius 3 is 2.25 bits per heavy atom. The maximum Gasteiger partial charge on any atom is 0.266 e. The molecule has 0 aromatic heterocycles. The normalized spacial score (nSPS) is 11.2. The molecule has 24 heavy (non-hydrogen) atoms. The highest BCUT2D eigenvalue weighted by molar-refractivity contribution is 7.93. The number of benzene rings is 2. The number of sulfonamides is 1. The Morgan fingerprint density at radius 2 is 1.71 bits per heavy atom. The van der Waals surface area contributed by atoms with Crippen molar-refractivity contribution in [2.24, 2.45) is 0 Å². The molecule has 4 nitrogen and oxygen atoms in total. The number of hydrogen-bond donors (Lipinski definition) is 0. The minimum Gasteiger partial charge on any atom is -0.495 e. The molecule has 0 saturated carbocycles. The van der Waals surface area contributed by atoms with Gasteiger partial charge in [0.2, 0.25) is 0 Å². The molecule has 0 aliphatic rings. The van der Waals surface area contributed by atoms with Crippen molar-refractivity contribution in [2.75, 3.05) is 18.0 Å². The average molecular weight is 407 g/mol. The summed E-state index contributed by atoms with van der Waals surface area (Å²) in [4.78, 5) is -0.119. The minimum atomic E-state index is -3.96. The number of methoxy groups -OCH3 is 1. The summed E-state index contributed by atoms with van der Waals surface area (Å²) in [7, 11) is -2.54.